The minimum atomic E-state index is -0.439. The van der Waals surface area contributed by atoms with Gasteiger partial charge in [-0.1, -0.05) is 13.8 Å². The summed E-state index contributed by atoms with van der Waals surface area (Å²) in [6.07, 6.45) is 1.96. The van der Waals surface area contributed by atoms with Gasteiger partial charge in [-0.25, -0.2) is 14.5 Å². The zero-order valence-corrected chi connectivity index (χ0v) is 20.9. The van der Waals surface area contributed by atoms with E-state index >= 15 is 0 Å². The number of amides is 1. The minimum absolute atomic E-state index is 0.00619. The molecule has 36 heavy (non-hydrogen) atoms. The van der Waals surface area contributed by atoms with Crippen molar-refractivity contribution in [2.75, 3.05) is 26.8 Å². The summed E-state index contributed by atoms with van der Waals surface area (Å²) in [4.78, 5) is 25.6. The smallest absolute Gasteiger partial charge is 0.348 e. The molecule has 3 N–H and O–H groups in total. The Kier molecular flexibility index (Phi) is 7.16. The summed E-state index contributed by atoms with van der Waals surface area (Å²) in [5.41, 5.74) is 2.13. The number of carbonyl (C=O) groups excluding carboxylic acids is 1. The highest BCUT2D eigenvalue weighted by molar-refractivity contribution is 5.83. The number of benzene rings is 2. The highest BCUT2D eigenvalue weighted by Gasteiger charge is 2.20. The van der Waals surface area contributed by atoms with Crippen LogP contribution in [0.4, 0.5) is 0 Å². The molecule has 2 heterocycles. The molecule has 0 spiro atoms. The minimum Gasteiger partial charge on any atom is -0.508 e. The number of nitrogens with zero attached hydrogens (tertiary/aromatic N) is 4. The van der Waals surface area contributed by atoms with E-state index in [9.17, 15) is 19.8 Å². The summed E-state index contributed by atoms with van der Waals surface area (Å²) in [7, 11) is 1.74. The maximum Gasteiger partial charge on any atom is 0.348 e. The molecular weight excluding hydrogens is 462 g/mol. The number of nitrogens with one attached hydrogen (secondary N) is 1. The second-order valence-corrected chi connectivity index (χ2v) is 9.08. The molecule has 2 aromatic carbocycles. The molecule has 0 aliphatic carbocycles. The van der Waals surface area contributed by atoms with E-state index in [1.165, 1.54) is 17.6 Å². The summed E-state index contributed by atoms with van der Waals surface area (Å²) >= 11 is 0. The number of hydrogen-bond acceptors (Lipinski definition) is 6. The Labute approximate surface area is 208 Å². The molecular formula is C26H31N5O5. The molecule has 10 heteroatoms. The van der Waals surface area contributed by atoms with Crippen LogP contribution < -0.4 is 5.69 Å². The third-order valence-electron chi connectivity index (χ3n) is 6.28. The third-order valence-corrected chi connectivity index (χ3v) is 6.28. The van der Waals surface area contributed by atoms with Crippen LogP contribution in [0.25, 0.3) is 28.0 Å². The number of carbonyl (C=O) groups is 1. The average molecular weight is 494 g/mol. The Hall–Kier alpha value is -4.05. The van der Waals surface area contributed by atoms with Crippen molar-refractivity contribution in [1.29, 1.82) is 0 Å². The molecule has 0 radical (unpaired) electrons. The maximum atomic E-state index is 12.7. The Morgan fingerprint density at radius 1 is 1.14 bits per heavy atom. The summed E-state index contributed by atoms with van der Waals surface area (Å²) in [5.74, 6) is 0.0968. The first-order valence-corrected chi connectivity index (χ1v) is 11.8. The first-order chi connectivity index (χ1) is 17.2. The van der Waals surface area contributed by atoms with Crippen molar-refractivity contribution in [1.82, 2.24) is 24.2 Å². The predicted octanol–water partition coefficient (Wildman–Crippen LogP) is 3.21. The van der Waals surface area contributed by atoms with Crippen molar-refractivity contribution >= 4 is 16.8 Å². The standard InChI is InChI=1S/C26H31N5O5/c1-16(2)20-14-21(24(34)15-23(20)33)25-27-28-26(35)31(25)19-5-6-22-18(13-19)7-8-30(22)10-12-36-11-9-29(4)17(3)32/h5-8,13-16,33-34H,9-12H2,1-4H3,(H,28,35). The van der Waals surface area contributed by atoms with E-state index in [2.05, 4.69) is 14.8 Å². The lowest BCUT2D eigenvalue weighted by atomic mass is 9.98. The van der Waals surface area contributed by atoms with Crippen molar-refractivity contribution in [2.45, 2.75) is 33.2 Å². The van der Waals surface area contributed by atoms with Gasteiger partial charge in [0.25, 0.3) is 0 Å². The molecule has 10 nitrogen and oxygen atoms in total. The van der Waals surface area contributed by atoms with Gasteiger partial charge in [0.15, 0.2) is 5.82 Å². The van der Waals surface area contributed by atoms with Gasteiger partial charge in [0.05, 0.1) is 24.5 Å². The molecule has 0 bridgehead atoms. The van der Waals surface area contributed by atoms with Crippen LogP contribution in [-0.4, -0.2) is 67.2 Å². The van der Waals surface area contributed by atoms with Crippen LogP contribution in [0.3, 0.4) is 0 Å². The van der Waals surface area contributed by atoms with E-state index in [1.54, 1.807) is 18.0 Å². The van der Waals surface area contributed by atoms with Gasteiger partial charge >= 0.3 is 5.69 Å². The highest BCUT2D eigenvalue weighted by Crippen LogP contribution is 2.37. The number of ether oxygens (including phenoxy) is 1. The van der Waals surface area contributed by atoms with Gasteiger partial charge in [-0.15, -0.1) is 0 Å². The number of aromatic hydroxyl groups is 2. The lowest BCUT2D eigenvalue weighted by molar-refractivity contribution is -0.128. The van der Waals surface area contributed by atoms with E-state index in [-0.39, 0.29) is 29.1 Å². The zero-order valence-electron chi connectivity index (χ0n) is 20.9. The molecule has 0 atom stereocenters. The summed E-state index contributed by atoms with van der Waals surface area (Å²) in [6.45, 7) is 7.54. The molecule has 1 amide bonds. The zero-order chi connectivity index (χ0) is 26.0. The predicted molar refractivity (Wildman–Crippen MR) is 137 cm³/mol. The van der Waals surface area contributed by atoms with E-state index in [1.807, 2.05) is 44.3 Å². The fraction of sp³-hybridized carbons (Fsp3) is 0.346. The van der Waals surface area contributed by atoms with Crippen LogP contribution in [0.1, 0.15) is 32.3 Å². The van der Waals surface area contributed by atoms with E-state index in [0.29, 0.717) is 43.1 Å². The summed E-state index contributed by atoms with van der Waals surface area (Å²) in [5, 5.41) is 28.3. The number of H-pyrrole nitrogens is 1. The Balaban J connectivity index is 1.58. The first kappa shape index (κ1) is 25.1. The molecule has 0 fully saturated rings. The van der Waals surface area contributed by atoms with E-state index in [0.717, 1.165) is 10.9 Å². The molecule has 0 saturated heterocycles. The van der Waals surface area contributed by atoms with Crippen LogP contribution in [0.2, 0.25) is 0 Å². The van der Waals surface area contributed by atoms with Gasteiger partial charge in [0, 0.05) is 50.2 Å². The second-order valence-electron chi connectivity index (χ2n) is 9.08. The van der Waals surface area contributed by atoms with Crippen molar-refractivity contribution < 1.29 is 19.7 Å². The molecule has 0 aliphatic rings. The molecule has 0 saturated carbocycles. The van der Waals surface area contributed by atoms with Crippen LogP contribution >= 0.6 is 0 Å². The number of aromatic amines is 1. The molecule has 2 aromatic heterocycles. The quantitative estimate of drug-likeness (QED) is 0.308. The fourth-order valence-corrected chi connectivity index (χ4v) is 4.10. The van der Waals surface area contributed by atoms with E-state index < -0.39 is 5.69 Å². The molecule has 4 rings (SSSR count). The Morgan fingerprint density at radius 3 is 2.64 bits per heavy atom. The third kappa shape index (κ3) is 4.99. The van der Waals surface area contributed by atoms with Crippen molar-refractivity contribution in [3.8, 4) is 28.6 Å². The van der Waals surface area contributed by atoms with Crippen LogP contribution in [0.15, 0.2) is 47.4 Å². The van der Waals surface area contributed by atoms with Crippen LogP contribution in [0, 0.1) is 0 Å². The SMILES string of the molecule is CC(=O)N(C)CCOCCn1ccc2cc(-n3c(-c4cc(C(C)C)c(O)cc4O)n[nH]c3=O)ccc21. The first-order valence-electron chi connectivity index (χ1n) is 11.8. The van der Waals surface area contributed by atoms with Gasteiger partial charge in [-0.2, -0.15) is 5.10 Å². The topological polar surface area (TPSA) is 126 Å². The number of hydrogen-bond donors (Lipinski definition) is 3. The highest BCUT2D eigenvalue weighted by atomic mass is 16.5. The molecule has 190 valence electrons. The largest absolute Gasteiger partial charge is 0.508 e. The number of phenols is 2. The lowest BCUT2D eigenvalue weighted by Crippen LogP contribution is -2.28. The van der Waals surface area contributed by atoms with Crippen LogP contribution in [0.5, 0.6) is 11.5 Å². The van der Waals surface area contributed by atoms with Gasteiger partial charge in [-0.05, 0) is 41.8 Å². The number of likely N-dealkylation sites (N-methyl/N-ethyl adjacent to an activating group) is 1. The number of rotatable bonds is 9. The van der Waals surface area contributed by atoms with Crippen molar-refractivity contribution in [3.05, 3.63) is 58.6 Å². The Bertz CT molecular complexity index is 1450. The number of aromatic nitrogens is 4. The van der Waals surface area contributed by atoms with Crippen LogP contribution in [-0.2, 0) is 16.1 Å². The number of phenolic OH excluding ortho intramolecular Hbond substituents is 2. The van der Waals surface area contributed by atoms with Gasteiger partial charge in [0.2, 0.25) is 5.91 Å². The average Bonchev–Trinajstić information content (AvgIpc) is 3.41. The second kappa shape index (κ2) is 10.3. The molecule has 0 aliphatic heterocycles. The van der Waals surface area contributed by atoms with Gasteiger partial charge in [0.1, 0.15) is 11.5 Å². The van der Waals surface area contributed by atoms with Gasteiger partial charge in [-0.3, -0.25) is 4.79 Å². The fourth-order valence-electron chi connectivity index (χ4n) is 4.10. The summed E-state index contributed by atoms with van der Waals surface area (Å²) in [6, 6.07) is 10.5. The number of fused-ring (bicyclic) bond motifs is 1. The van der Waals surface area contributed by atoms with Crippen molar-refractivity contribution in [3.63, 3.8) is 0 Å². The van der Waals surface area contributed by atoms with Gasteiger partial charge < -0.3 is 24.4 Å². The monoisotopic (exact) mass is 493 g/mol. The normalized spacial score (nSPS) is 11.5. The van der Waals surface area contributed by atoms with Crippen molar-refractivity contribution in [2.24, 2.45) is 0 Å². The van der Waals surface area contributed by atoms with E-state index in [4.69, 9.17) is 4.74 Å². The molecule has 0 unspecified atom stereocenters. The maximum absolute atomic E-state index is 12.7. The lowest BCUT2D eigenvalue weighted by Gasteiger charge is -2.15. The Morgan fingerprint density at radius 2 is 1.92 bits per heavy atom. The summed E-state index contributed by atoms with van der Waals surface area (Å²) < 4.78 is 9.14. The molecule has 4 aromatic rings.